The normalized spacial score (nSPS) is 22.6. The van der Waals surface area contributed by atoms with Gasteiger partial charge in [-0.1, -0.05) is 0 Å². The Morgan fingerprint density at radius 1 is 1.61 bits per heavy atom. The van der Waals surface area contributed by atoms with Crippen LogP contribution in [0.15, 0.2) is 12.3 Å². The molecule has 2 heterocycles. The van der Waals surface area contributed by atoms with Gasteiger partial charge in [-0.05, 0) is 26.8 Å². The van der Waals surface area contributed by atoms with E-state index in [1.165, 1.54) is 0 Å². The average molecular weight is 246 g/mol. The van der Waals surface area contributed by atoms with Crippen LogP contribution in [0.3, 0.4) is 0 Å². The zero-order valence-electron chi connectivity index (χ0n) is 11.0. The Morgan fingerprint density at radius 3 is 2.94 bits per heavy atom. The first-order valence-corrected chi connectivity index (χ1v) is 6.00. The number of nitrogens with zero attached hydrogens (tertiary/aromatic N) is 3. The molecular formula is C13H18N4O. The van der Waals surface area contributed by atoms with Gasteiger partial charge in [0, 0.05) is 13.1 Å². The second kappa shape index (κ2) is 4.46. The summed E-state index contributed by atoms with van der Waals surface area (Å²) in [4.78, 5) is 6.39. The van der Waals surface area contributed by atoms with Gasteiger partial charge in [-0.2, -0.15) is 5.26 Å². The first-order valence-electron chi connectivity index (χ1n) is 6.00. The van der Waals surface area contributed by atoms with E-state index in [0.717, 1.165) is 6.54 Å². The molecule has 2 rings (SSSR count). The highest BCUT2D eigenvalue weighted by Crippen LogP contribution is 2.27. The van der Waals surface area contributed by atoms with Crippen LogP contribution in [0, 0.1) is 11.3 Å². The number of morpholine rings is 1. The van der Waals surface area contributed by atoms with E-state index < -0.39 is 0 Å². The lowest BCUT2D eigenvalue weighted by atomic mass is 10.0. The van der Waals surface area contributed by atoms with Crippen molar-refractivity contribution in [1.29, 1.82) is 5.26 Å². The van der Waals surface area contributed by atoms with E-state index in [9.17, 15) is 0 Å². The highest BCUT2D eigenvalue weighted by atomic mass is 16.5. The van der Waals surface area contributed by atoms with Crippen molar-refractivity contribution in [3.63, 3.8) is 0 Å². The van der Waals surface area contributed by atoms with E-state index in [1.54, 1.807) is 12.3 Å². The average Bonchev–Trinajstić information content (AvgIpc) is 2.25. The Balaban J connectivity index is 2.34. The molecule has 0 aromatic carbocycles. The van der Waals surface area contributed by atoms with Crippen molar-refractivity contribution in [2.75, 3.05) is 23.7 Å². The Hall–Kier alpha value is -1.80. The summed E-state index contributed by atoms with van der Waals surface area (Å²) in [6.07, 6.45) is 1.70. The molecule has 96 valence electrons. The molecule has 0 aliphatic carbocycles. The van der Waals surface area contributed by atoms with E-state index in [1.807, 2.05) is 20.8 Å². The van der Waals surface area contributed by atoms with Gasteiger partial charge in [0.15, 0.2) is 0 Å². The number of aromatic nitrogens is 1. The SMILES string of the molecule is CC1CN(c2ncc(N)cc2C#N)CC(C)(C)O1. The van der Waals surface area contributed by atoms with Gasteiger partial charge in [-0.15, -0.1) is 0 Å². The number of anilines is 2. The quantitative estimate of drug-likeness (QED) is 0.813. The van der Waals surface area contributed by atoms with E-state index >= 15 is 0 Å². The molecule has 1 atom stereocenters. The first-order chi connectivity index (χ1) is 8.41. The summed E-state index contributed by atoms with van der Waals surface area (Å²) in [6, 6.07) is 3.81. The molecule has 1 unspecified atom stereocenters. The Morgan fingerprint density at radius 2 is 2.33 bits per heavy atom. The number of nitrogens with two attached hydrogens (primary N) is 1. The van der Waals surface area contributed by atoms with Gasteiger partial charge in [0.05, 0.1) is 29.2 Å². The molecule has 1 aliphatic rings. The molecule has 1 saturated heterocycles. The van der Waals surface area contributed by atoms with Crippen LogP contribution in [-0.4, -0.2) is 29.8 Å². The van der Waals surface area contributed by atoms with Gasteiger partial charge in [0.2, 0.25) is 0 Å². The highest BCUT2D eigenvalue weighted by molar-refractivity contribution is 5.59. The maximum absolute atomic E-state index is 9.17. The number of rotatable bonds is 1. The van der Waals surface area contributed by atoms with E-state index in [4.69, 9.17) is 15.7 Å². The van der Waals surface area contributed by atoms with Crippen LogP contribution >= 0.6 is 0 Å². The smallest absolute Gasteiger partial charge is 0.146 e. The summed E-state index contributed by atoms with van der Waals surface area (Å²) in [6.45, 7) is 7.55. The Labute approximate surface area is 107 Å². The third-order valence-electron chi connectivity index (χ3n) is 2.88. The second-order valence-corrected chi connectivity index (χ2v) is 5.32. The van der Waals surface area contributed by atoms with Gasteiger partial charge in [0.25, 0.3) is 0 Å². The molecule has 1 aromatic heterocycles. The van der Waals surface area contributed by atoms with Gasteiger partial charge in [-0.3, -0.25) is 0 Å². The van der Waals surface area contributed by atoms with Gasteiger partial charge < -0.3 is 15.4 Å². The van der Waals surface area contributed by atoms with Crippen molar-refractivity contribution >= 4 is 11.5 Å². The fourth-order valence-corrected chi connectivity index (χ4v) is 2.42. The van der Waals surface area contributed by atoms with Crippen molar-refractivity contribution in [2.45, 2.75) is 32.5 Å². The van der Waals surface area contributed by atoms with Crippen molar-refractivity contribution in [1.82, 2.24) is 4.98 Å². The molecule has 0 amide bonds. The van der Waals surface area contributed by atoms with Crippen LogP contribution in [0.4, 0.5) is 11.5 Å². The lowest BCUT2D eigenvalue weighted by Crippen LogP contribution is -2.52. The van der Waals surface area contributed by atoms with Gasteiger partial charge in [-0.25, -0.2) is 4.98 Å². The summed E-state index contributed by atoms with van der Waals surface area (Å²) in [7, 11) is 0. The topological polar surface area (TPSA) is 75.2 Å². The molecular weight excluding hydrogens is 228 g/mol. The predicted octanol–water partition coefficient (Wildman–Crippen LogP) is 1.54. The van der Waals surface area contributed by atoms with Gasteiger partial charge >= 0.3 is 0 Å². The minimum Gasteiger partial charge on any atom is -0.397 e. The Kier molecular flexibility index (Phi) is 3.14. The summed E-state index contributed by atoms with van der Waals surface area (Å²) < 4.78 is 5.85. The van der Waals surface area contributed by atoms with E-state index in [2.05, 4.69) is 16.0 Å². The number of pyridine rings is 1. The standard InChI is InChI=1S/C13H18N4O/c1-9-7-17(8-13(2,3)18-9)12-10(5-14)4-11(15)6-16-12/h4,6,9H,7-8,15H2,1-3H3. The summed E-state index contributed by atoms with van der Waals surface area (Å²) >= 11 is 0. The summed E-state index contributed by atoms with van der Waals surface area (Å²) in [5.74, 6) is 0.690. The Bertz CT molecular complexity index is 492. The van der Waals surface area contributed by atoms with Crippen LogP contribution < -0.4 is 10.6 Å². The highest BCUT2D eigenvalue weighted by Gasteiger charge is 2.32. The minimum atomic E-state index is -0.243. The van der Waals surface area contributed by atoms with Crippen LogP contribution in [0.5, 0.6) is 0 Å². The monoisotopic (exact) mass is 246 g/mol. The third-order valence-corrected chi connectivity index (χ3v) is 2.88. The van der Waals surface area contributed by atoms with Crippen molar-refractivity contribution in [2.24, 2.45) is 0 Å². The van der Waals surface area contributed by atoms with Crippen LogP contribution in [-0.2, 0) is 4.74 Å². The maximum Gasteiger partial charge on any atom is 0.146 e. The lowest BCUT2D eigenvalue weighted by molar-refractivity contribution is -0.0751. The van der Waals surface area contributed by atoms with Gasteiger partial charge in [0.1, 0.15) is 11.9 Å². The van der Waals surface area contributed by atoms with Crippen LogP contribution in [0.25, 0.3) is 0 Å². The maximum atomic E-state index is 9.17. The number of nitrogen functional groups attached to an aromatic ring is 1. The van der Waals surface area contributed by atoms with Crippen LogP contribution in [0.1, 0.15) is 26.3 Å². The molecule has 1 aliphatic heterocycles. The number of nitriles is 1. The molecule has 1 aromatic rings. The second-order valence-electron chi connectivity index (χ2n) is 5.32. The molecule has 0 saturated carbocycles. The van der Waals surface area contributed by atoms with E-state index in [-0.39, 0.29) is 11.7 Å². The predicted molar refractivity (Wildman–Crippen MR) is 70.2 cm³/mol. The molecule has 2 N–H and O–H groups in total. The molecule has 0 bridgehead atoms. The lowest BCUT2D eigenvalue weighted by Gasteiger charge is -2.42. The fourth-order valence-electron chi connectivity index (χ4n) is 2.42. The van der Waals surface area contributed by atoms with Crippen LogP contribution in [0.2, 0.25) is 0 Å². The molecule has 5 heteroatoms. The molecule has 1 fully saturated rings. The zero-order valence-corrected chi connectivity index (χ0v) is 11.0. The largest absolute Gasteiger partial charge is 0.397 e. The minimum absolute atomic E-state index is 0.111. The summed E-state index contributed by atoms with van der Waals surface area (Å²) in [5.41, 5.74) is 6.44. The molecule has 5 nitrogen and oxygen atoms in total. The zero-order chi connectivity index (χ0) is 13.3. The molecule has 0 radical (unpaired) electrons. The summed E-state index contributed by atoms with van der Waals surface area (Å²) in [5, 5.41) is 9.17. The molecule has 0 spiro atoms. The van der Waals surface area contributed by atoms with E-state index in [0.29, 0.717) is 23.6 Å². The third kappa shape index (κ3) is 2.54. The number of ether oxygens (including phenoxy) is 1. The first kappa shape index (κ1) is 12.7. The fraction of sp³-hybridized carbons (Fsp3) is 0.538. The van der Waals surface area contributed by atoms with Crippen molar-refractivity contribution in [3.8, 4) is 6.07 Å². The van der Waals surface area contributed by atoms with Crippen molar-refractivity contribution < 1.29 is 4.74 Å². The van der Waals surface area contributed by atoms with Crippen molar-refractivity contribution in [3.05, 3.63) is 17.8 Å². The number of hydrogen-bond donors (Lipinski definition) is 1. The molecule has 18 heavy (non-hydrogen) atoms. The number of hydrogen-bond acceptors (Lipinski definition) is 5.